The van der Waals surface area contributed by atoms with Gasteiger partial charge in [0.2, 0.25) is 5.91 Å². The molecule has 8 nitrogen and oxygen atoms in total. The quantitative estimate of drug-likeness (QED) is 0.740. The monoisotopic (exact) mass is 338 g/mol. The smallest absolute Gasteiger partial charge is 0.309 e. The van der Waals surface area contributed by atoms with Crippen molar-refractivity contribution in [1.29, 1.82) is 0 Å². The SMILES string of the molecule is COCCCN1C(=O)C[C@H](C(=O)O)[C@@H]1c1c(C)nn(C)c1N(C)C. The van der Waals surface area contributed by atoms with Gasteiger partial charge in [0.1, 0.15) is 5.82 Å². The summed E-state index contributed by atoms with van der Waals surface area (Å²) in [6.07, 6.45) is 0.690. The van der Waals surface area contributed by atoms with Gasteiger partial charge in [0.15, 0.2) is 0 Å². The van der Waals surface area contributed by atoms with E-state index >= 15 is 0 Å². The summed E-state index contributed by atoms with van der Waals surface area (Å²) in [5.41, 5.74) is 1.57. The van der Waals surface area contributed by atoms with E-state index in [0.29, 0.717) is 19.6 Å². The van der Waals surface area contributed by atoms with Gasteiger partial charge in [-0.3, -0.25) is 14.3 Å². The molecule has 8 heteroatoms. The summed E-state index contributed by atoms with van der Waals surface area (Å²) in [4.78, 5) is 27.8. The number of aliphatic carboxylic acids is 1. The van der Waals surface area contributed by atoms with Crippen molar-refractivity contribution < 1.29 is 19.4 Å². The first-order valence-corrected chi connectivity index (χ1v) is 8.01. The third kappa shape index (κ3) is 3.24. The Labute approximate surface area is 142 Å². The van der Waals surface area contributed by atoms with Gasteiger partial charge in [0.25, 0.3) is 0 Å². The first kappa shape index (κ1) is 18.3. The summed E-state index contributed by atoms with van der Waals surface area (Å²) in [7, 11) is 7.22. The first-order chi connectivity index (χ1) is 11.3. The molecule has 0 aliphatic carbocycles. The fraction of sp³-hybridized carbons (Fsp3) is 0.688. The molecule has 0 radical (unpaired) electrons. The van der Waals surface area contributed by atoms with Crippen molar-refractivity contribution in [2.75, 3.05) is 39.3 Å². The average molecular weight is 338 g/mol. The number of ether oxygens (including phenoxy) is 1. The van der Waals surface area contributed by atoms with Crippen LogP contribution < -0.4 is 4.90 Å². The lowest BCUT2D eigenvalue weighted by molar-refractivity contribution is -0.142. The first-order valence-electron chi connectivity index (χ1n) is 8.01. The fourth-order valence-electron chi connectivity index (χ4n) is 3.55. The lowest BCUT2D eigenvalue weighted by atomic mass is 9.93. The van der Waals surface area contributed by atoms with E-state index in [1.54, 1.807) is 16.7 Å². The topological polar surface area (TPSA) is 87.9 Å². The zero-order valence-corrected chi connectivity index (χ0v) is 14.9. The van der Waals surface area contributed by atoms with Crippen LogP contribution in [0.5, 0.6) is 0 Å². The normalized spacial score (nSPS) is 20.7. The number of carboxylic acids is 1. The second-order valence-electron chi connectivity index (χ2n) is 6.37. The van der Waals surface area contributed by atoms with E-state index in [9.17, 15) is 14.7 Å². The number of aromatic nitrogens is 2. The molecular weight excluding hydrogens is 312 g/mol. The molecule has 1 aromatic rings. The maximum Gasteiger partial charge on any atom is 0.309 e. The van der Waals surface area contributed by atoms with Gasteiger partial charge in [-0.2, -0.15) is 5.10 Å². The number of likely N-dealkylation sites (tertiary alicyclic amines) is 1. The second-order valence-corrected chi connectivity index (χ2v) is 6.37. The Morgan fingerprint density at radius 3 is 2.67 bits per heavy atom. The number of amides is 1. The number of anilines is 1. The van der Waals surface area contributed by atoms with Crippen LogP contribution in [-0.4, -0.2) is 66.0 Å². The lowest BCUT2D eigenvalue weighted by Gasteiger charge is -2.29. The molecule has 0 spiro atoms. The number of aryl methyl sites for hydroxylation is 2. The van der Waals surface area contributed by atoms with Crippen LogP contribution >= 0.6 is 0 Å². The minimum atomic E-state index is -0.949. The number of rotatable bonds is 7. The predicted octanol–water partition coefficient (Wildman–Crippen LogP) is 0.805. The molecule has 2 rings (SSSR count). The van der Waals surface area contributed by atoms with Crippen molar-refractivity contribution in [3.05, 3.63) is 11.3 Å². The molecule has 1 fully saturated rings. The third-order valence-corrected chi connectivity index (χ3v) is 4.45. The summed E-state index contributed by atoms with van der Waals surface area (Å²) in [5.74, 6) is -1.01. The van der Waals surface area contributed by atoms with Gasteiger partial charge in [-0.15, -0.1) is 0 Å². The Kier molecular flexibility index (Phi) is 5.48. The van der Waals surface area contributed by atoms with Gasteiger partial charge >= 0.3 is 5.97 Å². The highest BCUT2D eigenvalue weighted by molar-refractivity contribution is 5.88. The zero-order chi connectivity index (χ0) is 18.0. The van der Waals surface area contributed by atoms with Gasteiger partial charge in [-0.1, -0.05) is 0 Å². The molecule has 134 valence electrons. The van der Waals surface area contributed by atoms with Crippen LogP contribution in [0.2, 0.25) is 0 Å². The van der Waals surface area contributed by atoms with Crippen molar-refractivity contribution >= 4 is 17.7 Å². The molecule has 0 unspecified atom stereocenters. The van der Waals surface area contributed by atoms with Crippen molar-refractivity contribution in [2.24, 2.45) is 13.0 Å². The fourth-order valence-corrected chi connectivity index (χ4v) is 3.55. The minimum Gasteiger partial charge on any atom is -0.481 e. The number of nitrogens with zero attached hydrogens (tertiary/aromatic N) is 4. The number of methoxy groups -OCH3 is 1. The number of carbonyl (C=O) groups excluding carboxylic acids is 1. The molecule has 0 bridgehead atoms. The van der Waals surface area contributed by atoms with E-state index < -0.39 is 17.9 Å². The second kappa shape index (κ2) is 7.21. The van der Waals surface area contributed by atoms with Crippen LogP contribution in [0.15, 0.2) is 0 Å². The van der Waals surface area contributed by atoms with E-state index in [1.807, 2.05) is 33.0 Å². The van der Waals surface area contributed by atoms with Crippen LogP contribution in [0.1, 0.15) is 30.1 Å². The summed E-state index contributed by atoms with van der Waals surface area (Å²) < 4.78 is 6.80. The van der Waals surface area contributed by atoms with E-state index in [0.717, 1.165) is 17.1 Å². The highest BCUT2D eigenvalue weighted by atomic mass is 16.5. The number of hydrogen-bond donors (Lipinski definition) is 1. The summed E-state index contributed by atoms with van der Waals surface area (Å²) in [5, 5.41) is 14.1. The predicted molar refractivity (Wildman–Crippen MR) is 89.0 cm³/mol. The molecule has 2 heterocycles. The third-order valence-electron chi connectivity index (χ3n) is 4.45. The maximum atomic E-state index is 12.4. The molecule has 2 atom stereocenters. The summed E-state index contributed by atoms with van der Waals surface area (Å²) in [6.45, 7) is 2.86. The summed E-state index contributed by atoms with van der Waals surface area (Å²) in [6, 6.07) is -0.502. The average Bonchev–Trinajstić information content (AvgIpc) is 2.96. The highest BCUT2D eigenvalue weighted by Gasteiger charge is 2.47. The van der Waals surface area contributed by atoms with Gasteiger partial charge < -0.3 is 19.6 Å². The molecule has 1 amide bonds. The van der Waals surface area contributed by atoms with Gasteiger partial charge in [0, 0.05) is 53.4 Å². The zero-order valence-electron chi connectivity index (χ0n) is 14.9. The molecule has 1 aliphatic rings. The Bertz CT molecular complexity index is 626. The van der Waals surface area contributed by atoms with E-state index in [2.05, 4.69) is 5.10 Å². The molecule has 0 aromatic carbocycles. The Morgan fingerprint density at radius 2 is 2.12 bits per heavy atom. The standard InChI is InChI=1S/C16H26N4O4/c1-10-13(15(18(2)3)19(4)17-10)14-11(16(22)23)9-12(21)20(14)7-6-8-24-5/h11,14H,6-9H2,1-5H3,(H,22,23)/t11-,14+/m0/s1. The largest absolute Gasteiger partial charge is 0.481 e. The van der Waals surface area contributed by atoms with Crippen molar-refractivity contribution in [3.8, 4) is 0 Å². The number of carbonyl (C=O) groups is 2. The molecule has 24 heavy (non-hydrogen) atoms. The van der Waals surface area contributed by atoms with Crippen molar-refractivity contribution in [1.82, 2.24) is 14.7 Å². The van der Waals surface area contributed by atoms with E-state index in [-0.39, 0.29) is 12.3 Å². The molecular formula is C16H26N4O4. The van der Waals surface area contributed by atoms with Crippen LogP contribution in [-0.2, 0) is 21.4 Å². The van der Waals surface area contributed by atoms with Crippen LogP contribution in [0.25, 0.3) is 0 Å². The number of carboxylic acid groups (broad SMARTS) is 1. The Balaban J connectivity index is 2.48. The van der Waals surface area contributed by atoms with Crippen LogP contribution in [0, 0.1) is 12.8 Å². The van der Waals surface area contributed by atoms with Gasteiger partial charge in [-0.25, -0.2) is 0 Å². The Morgan fingerprint density at radius 1 is 1.46 bits per heavy atom. The van der Waals surface area contributed by atoms with Gasteiger partial charge in [0.05, 0.1) is 17.7 Å². The Hall–Kier alpha value is -2.09. The maximum absolute atomic E-state index is 12.4. The van der Waals surface area contributed by atoms with Crippen LogP contribution in [0.4, 0.5) is 5.82 Å². The van der Waals surface area contributed by atoms with E-state index in [1.165, 1.54) is 0 Å². The summed E-state index contributed by atoms with van der Waals surface area (Å²) >= 11 is 0. The molecule has 1 N–H and O–H groups in total. The highest BCUT2D eigenvalue weighted by Crippen LogP contribution is 2.43. The molecule has 1 aromatic heterocycles. The number of hydrogen-bond acceptors (Lipinski definition) is 5. The minimum absolute atomic E-state index is 0.0220. The van der Waals surface area contributed by atoms with Crippen LogP contribution in [0.3, 0.4) is 0 Å². The lowest BCUT2D eigenvalue weighted by Crippen LogP contribution is -2.33. The van der Waals surface area contributed by atoms with E-state index in [4.69, 9.17) is 4.74 Å². The molecule has 1 saturated heterocycles. The van der Waals surface area contributed by atoms with Crippen molar-refractivity contribution in [2.45, 2.75) is 25.8 Å². The van der Waals surface area contributed by atoms with Crippen molar-refractivity contribution in [3.63, 3.8) is 0 Å². The molecule has 0 saturated carbocycles. The molecule has 1 aliphatic heterocycles. The van der Waals surface area contributed by atoms with Gasteiger partial charge in [-0.05, 0) is 13.3 Å².